The highest BCUT2D eigenvalue weighted by Gasteiger charge is 2.11. The maximum atomic E-state index is 11.5. The number of nitrogens with zero attached hydrogens (tertiary/aromatic N) is 1. The Hall–Kier alpha value is -2.14. The number of pyridine rings is 1. The van der Waals surface area contributed by atoms with E-state index in [-0.39, 0.29) is 4.87 Å². The molecule has 0 fully saturated rings. The van der Waals surface area contributed by atoms with Crippen LogP contribution in [-0.2, 0) is 0 Å². The largest absolute Gasteiger partial charge is 0.497 e. The van der Waals surface area contributed by atoms with Gasteiger partial charge in [-0.2, -0.15) is 0 Å². The Labute approximate surface area is 113 Å². The fraction of sp³-hybridized carbons (Fsp3) is 0.143. The van der Waals surface area contributed by atoms with E-state index >= 15 is 0 Å². The van der Waals surface area contributed by atoms with Crippen molar-refractivity contribution >= 4 is 22.2 Å². The lowest BCUT2D eigenvalue weighted by Crippen LogP contribution is -1.91. The second kappa shape index (κ2) is 4.51. The van der Waals surface area contributed by atoms with E-state index in [0.29, 0.717) is 0 Å². The molecule has 0 atom stereocenters. The Morgan fingerprint density at radius 1 is 1.32 bits per heavy atom. The summed E-state index contributed by atoms with van der Waals surface area (Å²) in [6, 6.07) is 7.67. The van der Waals surface area contributed by atoms with Crippen LogP contribution in [-0.4, -0.2) is 17.1 Å². The minimum Gasteiger partial charge on any atom is -0.497 e. The van der Waals surface area contributed by atoms with Crippen molar-refractivity contribution in [2.24, 2.45) is 0 Å². The molecule has 1 aromatic carbocycles. The monoisotopic (exact) mass is 272 g/mol. The van der Waals surface area contributed by atoms with Crippen molar-refractivity contribution in [1.29, 1.82) is 0 Å². The number of aryl methyl sites for hydroxylation is 1. The molecule has 1 N–H and O–H groups in total. The number of benzene rings is 1. The van der Waals surface area contributed by atoms with Gasteiger partial charge in [-0.25, -0.2) is 0 Å². The third-order valence-corrected chi connectivity index (χ3v) is 4.04. The van der Waals surface area contributed by atoms with Crippen molar-refractivity contribution in [3.8, 4) is 16.2 Å². The molecule has 3 rings (SSSR count). The summed E-state index contributed by atoms with van der Waals surface area (Å²) in [5.74, 6) is 0.780. The summed E-state index contributed by atoms with van der Waals surface area (Å²) in [5, 5.41) is 0.986. The van der Waals surface area contributed by atoms with Crippen LogP contribution in [0.15, 0.2) is 35.3 Å². The van der Waals surface area contributed by atoms with Gasteiger partial charge < -0.3 is 9.72 Å². The predicted molar refractivity (Wildman–Crippen MR) is 77.0 cm³/mol. The van der Waals surface area contributed by atoms with Gasteiger partial charge in [0.2, 0.25) is 0 Å². The highest BCUT2D eigenvalue weighted by atomic mass is 32.1. The van der Waals surface area contributed by atoms with Crippen molar-refractivity contribution in [3.05, 3.63) is 45.8 Å². The van der Waals surface area contributed by atoms with E-state index in [1.807, 2.05) is 31.2 Å². The van der Waals surface area contributed by atoms with Crippen LogP contribution in [0, 0.1) is 6.92 Å². The van der Waals surface area contributed by atoms with Crippen LogP contribution in [0.4, 0.5) is 0 Å². The molecule has 0 bridgehead atoms. The first-order chi connectivity index (χ1) is 9.19. The summed E-state index contributed by atoms with van der Waals surface area (Å²) >= 11 is 1.22. The number of nitrogens with one attached hydrogen (secondary N) is 1. The minimum atomic E-state index is -0.0413. The molecule has 96 valence electrons. The maximum absolute atomic E-state index is 11.5. The Morgan fingerprint density at radius 3 is 2.84 bits per heavy atom. The van der Waals surface area contributed by atoms with Crippen LogP contribution >= 0.6 is 11.3 Å². The molecule has 0 saturated heterocycles. The molecule has 0 spiro atoms. The fourth-order valence-electron chi connectivity index (χ4n) is 2.11. The van der Waals surface area contributed by atoms with Gasteiger partial charge in [-0.3, -0.25) is 9.78 Å². The summed E-state index contributed by atoms with van der Waals surface area (Å²) in [6.45, 7) is 1.90. The molecule has 0 aliphatic carbocycles. The topological polar surface area (TPSA) is 55.0 Å². The van der Waals surface area contributed by atoms with Crippen LogP contribution in [0.5, 0.6) is 5.75 Å². The number of thiazole rings is 1. The van der Waals surface area contributed by atoms with Crippen LogP contribution in [0.25, 0.3) is 21.3 Å². The number of methoxy groups -OCH3 is 1. The number of hydrogen-bond donors (Lipinski definition) is 1. The number of hydrogen-bond acceptors (Lipinski definition) is 4. The zero-order chi connectivity index (χ0) is 13.4. The summed E-state index contributed by atoms with van der Waals surface area (Å²) in [6.07, 6.45) is 1.76. The second-order valence-electron chi connectivity index (χ2n) is 4.21. The Morgan fingerprint density at radius 2 is 2.16 bits per heavy atom. The molecular formula is C14H12N2O2S. The molecule has 2 heterocycles. The lowest BCUT2D eigenvalue weighted by molar-refractivity contribution is 0.415. The molecule has 0 aliphatic rings. The Bertz CT molecular complexity index is 805. The first-order valence-corrected chi connectivity index (χ1v) is 6.63. The number of ether oxygens (including phenoxy) is 1. The third kappa shape index (κ3) is 2.02. The van der Waals surface area contributed by atoms with Crippen molar-refractivity contribution in [2.75, 3.05) is 7.11 Å². The van der Waals surface area contributed by atoms with Crippen molar-refractivity contribution in [2.45, 2.75) is 6.92 Å². The quantitative estimate of drug-likeness (QED) is 0.780. The predicted octanol–water partition coefficient (Wildman–Crippen LogP) is 2.97. The van der Waals surface area contributed by atoms with Gasteiger partial charge in [0.25, 0.3) is 0 Å². The fourth-order valence-corrected chi connectivity index (χ4v) is 2.99. The maximum Gasteiger partial charge on any atom is 0.305 e. The average molecular weight is 272 g/mol. The van der Waals surface area contributed by atoms with Gasteiger partial charge in [0.05, 0.1) is 17.5 Å². The number of aromatic nitrogens is 2. The first kappa shape index (κ1) is 11.9. The van der Waals surface area contributed by atoms with Crippen LogP contribution in [0.1, 0.15) is 5.69 Å². The van der Waals surface area contributed by atoms with Crippen molar-refractivity contribution in [1.82, 2.24) is 9.97 Å². The zero-order valence-corrected chi connectivity index (χ0v) is 11.4. The molecule has 4 nitrogen and oxygen atoms in total. The van der Waals surface area contributed by atoms with Gasteiger partial charge in [0, 0.05) is 22.8 Å². The van der Waals surface area contributed by atoms with Crippen LogP contribution < -0.4 is 9.61 Å². The molecule has 0 unspecified atom stereocenters. The SMILES string of the molecule is COc1ccc2nccc(-c3sc(=O)[nH]c3C)c2c1. The molecule has 0 aliphatic heterocycles. The molecule has 19 heavy (non-hydrogen) atoms. The highest BCUT2D eigenvalue weighted by Crippen LogP contribution is 2.32. The van der Waals surface area contributed by atoms with Crippen molar-refractivity contribution < 1.29 is 4.74 Å². The molecule has 3 aromatic rings. The molecule has 0 saturated carbocycles. The van der Waals surface area contributed by atoms with E-state index in [9.17, 15) is 4.79 Å². The van der Waals surface area contributed by atoms with Gasteiger partial charge in [-0.1, -0.05) is 11.3 Å². The number of H-pyrrole nitrogens is 1. The van der Waals surface area contributed by atoms with Crippen molar-refractivity contribution in [3.63, 3.8) is 0 Å². The molecular weight excluding hydrogens is 260 g/mol. The van der Waals surface area contributed by atoms with Gasteiger partial charge in [-0.05, 0) is 31.2 Å². The smallest absolute Gasteiger partial charge is 0.305 e. The summed E-state index contributed by atoms with van der Waals surface area (Å²) in [4.78, 5) is 19.5. The lowest BCUT2D eigenvalue weighted by Gasteiger charge is -2.06. The molecule has 0 amide bonds. The van der Waals surface area contributed by atoms with Gasteiger partial charge in [0.15, 0.2) is 0 Å². The first-order valence-electron chi connectivity index (χ1n) is 5.82. The highest BCUT2D eigenvalue weighted by molar-refractivity contribution is 7.13. The van der Waals surface area contributed by atoms with Crippen LogP contribution in [0.2, 0.25) is 0 Å². The second-order valence-corrected chi connectivity index (χ2v) is 5.19. The number of rotatable bonds is 2. The number of fused-ring (bicyclic) bond motifs is 1. The molecule has 5 heteroatoms. The lowest BCUT2D eigenvalue weighted by atomic mass is 10.1. The van der Waals surface area contributed by atoms with E-state index in [1.165, 1.54) is 11.3 Å². The van der Waals surface area contributed by atoms with E-state index in [2.05, 4.69) is 9.97 Å². The molecule has 0 radical (unpaired) electrons. The standard InChI is InChI=1S/C14H12N2O2S/c1-8-13(19-14(17)16-8)10-5-6-15-12-4-3-9(18-2)7-11(10)12/h3-7H,1-2H3,(H,16,17). The summed E-state index contributed by atoms with van der Waals surface area (Å²) in [7, 11) is 1.64. The van der Waals surface area contributed by atoms with E-state index in [0.717, 1.165) is 32.8 Å². The average Bonchev–Trinajstić information content (AvgIpc) is 2.76. The van der Waals surface area contributed by atoms with Gasteiger partial charge in [-0.15, -0.1) is 0 Å². The third-order valence-electron chi connectivity index (χ3n) is 3.02. The van der Waals surface area contributed by atoms with Gasteiger partial charge >= 0.3 is 4.87 Å². The van der Waals surface area contributed by atoms with Crippen LogP contribution in [0.3, 0.4) is 0 Å². The Balaban J connectivity index is 2.34. The zero-order valence-electron chi connectivity index (χ0n) is 10.6. The summed E-state index contributed by atoms with van der Waals surface area (Å²) in [5.41, 5.74) is 2.77. The Kier molecular flexibility index (Phi) is 2.83. The summed E-state index contributed by atoms with van der Waals surface area (Å²) < 4.78 is 5.25. The normalized spacial score (nSPS) is 10.8. The minimum absolute atomic E-state index is 0.0413. The number of aromatic amines is 1. The van der Waals surface area contributed by atoms with Gasteiger partial charge in [0.1, 0.15) is 5.75 Å². The molecule has 2 aromatic heterocycles. The van der Waals surface area contributed by atoms with E-state index in [4.69, 9.17) is 4.74 Å². The van der Waals surface area contributed by atoms with E-state index in [1.54, 1.807) is 13.3 Å². The van der Waals surface area contributed by atoms with E-state index < -0.39 is 0 Å².